The molecule has 21 heavy (non-hydrogen) atoms. The summed E-state index contributed by atoms with van der Waals surface area (Å²) in [4.78, 5) is 13.7. The summed E-state index contributed by atoms with van der Waals surface area (Å²) in [6.45, 7) is 9.93. The predicted molar refractivity (Wildman–Crippen MR) is 79.2 cm³/mol. The molecule has 0 aromatic rings. The van der Waals surface area contributed by atoms with Crippen molar-refractivity contribution in [1.29, 1.82) is 0 Å². The molecule has 1 amide bonds. The number of hydrogen-bond donors (Lipinski definition) is 2. The van der Waals surface area contributed by atoms with E-state index in [1.54, 1.807) is 4.90 Å². The van der Waals surface area contributed by atoms with E-state index in [0.29, 0.717) is 32.7 Å². The van der Waals surface area contributed by atoms with Gasteiger partial charge >= 0.3 is 6.09 Å². The Bertz CT molecular complexity index is 382. The van der Waals surface area contributed by atoms with Crippen LogP contribution in [0.1, 0.15) is 40.5 Å². The second kappa shape index (κ2) is 6.10. The van der Waals surface area contributed by atoms with Crippen LogP contribution in [-0.4, -0.2) is 65.7 Å². The Hall–Kier alpha value is -0.850. The van der Waals surface area contributed by atoms with Gasteiger partial charge in [-0.3, -0.25) is 0 Å². The van der Waals surface area contributed by atoms with E-state index < -0.39 is 11.2 Å². The van der Waals surface area contributed by atoms with Gasteiger partial charge in [0.25, 0.3) is 0 Å². The van der Waals surface area contributed by atoms with Crippen molar-refractivity contribution in [3.05, 3.63) is 0 Å². The van der Waals surface area contributed by atoms with Gasteiger partial charge in [-0.1, -0.05) is 0 Å². The van der Waals surface area contributed by atoms with E-state index in [1.807, 2.05) is 27.7 Å². The van der Waals surface area contributed by atoms with E-state index in [-0.39, 0.29) is 18.2 Å². The van der Waals surface area contributed by atoms with Gasteiger partial charge in [0.15, 0.2) is 0 Å². The van der Waals surface area contributed by atoms with Crippen LogP contribution < -0.4 is 5.32 Å². The third kappa shape index (κ3) is 4.31. The van der Waals surface area contributed by atoms with Crippen LogP contribution in [0.3, 0.4) is 0 Å². The number of aliphatic hydroxyl groups is 1. The number of ether oxygens (including phenoxy) is 2. The van der Waals surface area contributed by atoms with E-state index in [4.69, 9.17) is 9.47 Å². The number of likely N-dealkylation sites (tertiary alicyclic amines) is 1. The number of carbonyl (C=O) groups excluding carboxylic acids is 1. The van der Waals surface area contributed by atoms with Crippen LogP contribution in [0.25, 0.3) is 0 Å². The maximum absolute atomic E-state index is 12.0. The molecule has 0 spiro atoms. The number of carbonyl (C=O) groups is 1. The molecule has 0 aliphatic carbocycles. The molecule has 3 unspecified atom stereocenters. The third-order valence-corrected chi connectivity index (χ3v) is 4.20. The molecule has 6 nitrogen and oxygen atoms in total. The van der Waals surface area contributed by atoms with E-state index in [1.165, 1.54) is 0 Å². The summed E-state index contributed by atoms with van der Waals surface area (Å²) in [6.07, 6.45) is 1.13. The first-order valence-electron chi connectivity index (χ1n) is 7.75. The van der Waals surface area contributed by atoms with E-state index in [9.17, 15) is 9.90 Å². The van der Waals surface area contributed by atoms with Gasteiger partial charge in [-0.15, -0.1) is 0 Å². The lowest BCUT2D eigenvalue weighted by Gasteiger charge is -2.28. The molecule has 6 heteroatoms. The summed E-state index contributed by atoms with van der Waals surface area (Å²) in [5.74, 6) is 0. The molecular weight excluding hydrogens is 272 g/mol. The minimum absolute atomic E-state index is 0.145. The van der Waals surface area contributed by atoms with Gasteiger partial charge in [0.05, 0.1) is 6.10 Å². The van der Waals surface area contributed by atoms with Gasteiger partial charge in [-0.2, -0.15) is 0 Å². The maximum Gasteiger partial charge on any atom is 0.410 e. The van der Waals surface area contributed by atoms with Crippen molar-refractivity contribution in [3.63, 3.8) is 0 Å². The number of nitrogens with one attached hydrogen (secondary N) is 1. The number of nitrogens with zero attached hydrogens (tertiary/aromatic N) is 1. The summed E-state index contributed by atoms with van der Waals surface area (Å²) in [7, 11) is 0. The minimum atomic E-state index is -0.792. The molecule has 0 radical (unpaired) electrons. The summed E-state index contributed by atoms with van der Waals surface area (Å²) in [5, 5.41) is 13.8. The highest BCUT2D eigenvalue weighted by Gasteiger charge is 2.40. The smallest absolute Gasteiger partial charge is 0.410 e. The van der Waals surface area contributed by atoms with Crippen molar-refractivity contribution < 1.29 is 19.4 Å². The van der Waals surface area contributed by atoms with Crippen molar-refractivity contribution in [2.45, 2.75) is 63.9 Å². The monoisotopic (exact) mass is 300 g/mol. The Labute approximate surface area is 126 Å². The molecule has 2 N–H and O–H groups in total. The van der Waals surface area contributed by atoms with Crippen LogP contribution in [0.4, 0.5) is 4.79 Å². The molecule has 0 aromatic carbocycles. The van der Waals surface area contributed by atoms with Gasteiger partial charge in [0.1, 0.15) is 11.2 Å². The second-order valence-electron chi connectivity index (χ2n) is 7.16. The molecular formula is C15H28N2O4. The predicted octanol–water partition coefficient (Wildman–Crippen LogP) is 1.13. The van der Waals surface area contributed by atoms with Crippen LogP contribution >= 0.6 is 0 Å². The Morgan fingerprint density at radius 1 is 1.52 bits per heavy atom. The fourth-order valence-electron chi connectivity index (χ4n) is 2.74. The molecule has 3 atom stereocenters. The molecule has 122 valence electrons. The van der Waals surface area contributed by atoms with Crippen molar-refractivity contribution in [1.82, 2.24) is 10.2 Å². The molecule has 0 aromatic heterocycles. The summed E-state index contributed by atoms with van der Waals surface area (Å²) in [5.41, 5.74) is -1.26. The number of amides is 1. The highest BCUT2D eigenvalue weighted by molar-refractivity contribution is 5.68. The zero-order valence-corrected chi connectivity index (χ0v) is 13.5. The average Bonchev–Trinajstić information content (AvgIpc) is 2.94. The number of rotatable bonds is 3. The molecule has 2 saturated heterocycles. The minimum Gasteiger partial charge on any atom is -0.444 e. The number of hydrogen-bond acceptors (Lipinski definition) is 5. The Morgan fingerprint density at radius 3 is 2.81 bits per heavy atom. The van der Waals surface area contributed by atoms with Crippen molar-refractivity contribution >= 4 is 6.09 Å². The largest absolute Gasteiger partial charge is 0.444 e. The summed E-state index contributed by atoms with van der Waals surface area (Å²) in [6, 6.07) is 0.203. The first kappa shape index (κ1) is 16.5. The summed E-state index contributed by atoms with van der Waals surface area (Å²) < 4.78 is 10.8. The standard InChI is InChI=1S/C15H28N2O4/c1-11-15(19,6-8-20-11)10-16-12-5-7-17(9-12)13(18)21-14(2,3)4/h11-12,16,19H,5-10H2,1-4H3. The first-order chi connectivity index (χ1) is 9.70. The topological polar surface area (TPSA) is 71.0 Å². The van der Waals surface area contributed by atoms with Gasteiger partial charge in [0.2, 0.25) is 0 Å². The van der Waals surface area contributed by atoms with Crippen LogP contribution in [0.2, 0.25) is 0 Å². The van der Waals surface area contributed by atoms with E-state index >= 15 is 0 Å². The SMILES string of the molecule is CC1OCCC1(O)CNC1CCN(C(=O)OC(C)(C)C)C1. The molecule has 2 fully saturated rings. The van der Waals surface area contributed by atoms with Crippen LogP contribution in [0.15, 0.2) is 0 Å². The molecule has 2 aliphatic heterocycles. The average molecular weight is 300 g/mol. The second-order valence-corrected chi connectivity index (χ2v) is 7.16. The molecule has 2 heterocycles. The Morgan fingerprint density at radius 2 is 2.24 bits per heavy atom. The Balaban J connectivity index is 1.77. The highest BCUT2D eigenvalue weighted by atomic mass is 16.6. The first-order valence-corrected chi connectivity index (χ1v) is 7.75. The van der Waals surface area contributed by atoms with Gasteiger partial charge in [-0.05, 0) is 34.1 Å². The van der Waals surface area contributed by atoms with Crippen LogP contribution in [0.5, 0.6) is 0 Å². The lowest BCUT2D eigenvalue weighted by Crippen LogP contribution is -2.49. The van der Waals surface area contributed by atoms with Gasteiger partial charge in [-0.25, -0.2) is 4.79 Å². The molecule has 2 aliphatic rings. The maximum atomic E-state index is 12.0. The van der Waals surface area contributed by atoms with Gasteiger partial charge < -0.3 is 24.8 Å². The third-order valence-electron chi connectivity index (χ3n) is 4.20. The zero-order chi connectivity index (χ0) is 15.7. The van der Waals surface area contributed by atoms with Crippen molar-refractivity contribution in [2.75, 3.05) is 26.2 Å². The fourth-order valence-corrected chi connectivity index (χ4v) is 2.74. The van der Waals surface area contributed by atoms with Crippen molar-refractivity contribution in [2.24, 2.45) is 0 Å². The lowest BCUT2D eigenvalue weighted by atomic mass is 9.96. The van der Waals surface area contributed by atoms with E-state index in [0.717, 1.165) is 6.42 Å². The summed E-state index contributed by atoms with van der Waals surface area (Å²) >= 11 is 0. The normalized spacial score (nSPS) is 33.5. The van der Waals surface area contributed by atoms with Gasteiger partial charge in [0, 0.05) is 38.7 Å². The Kier molecular flexibility index (Phi) is 4.80. The van der Waals surface area contributed by atoms with Crippen LogP contribution in [-0.2, 0) is 9.47 Å². The molecule has 2 rings (SSSR count). The lowest BCUT2D eigenvalue weighted by molar-refractivity contribution is -0.0275. The zero-order valence-electron chi connectivity index (χ0n) is 13.5. The molecule has 0 saturated carbocycles. The fraction of sp³-hybridized carbons (Fsp3) is 0.933. The molecule has 0 bridgehead atoms. The van der Waals surface area contributed by atoms with Crippen LogP contribution in [0, 0.1) is 0 Å². The quantitative estimate of drug-likeness (QED) is 0.817. The van der Waals surface area contributed by atoms with E-state index in [2.05, 4.69) is 5.32 Å². The van der Waals surface area contributed by atoms with Crippen molar-refractivity contribution in [3.8, 4) is 0 Å². The highest BCUT2D eigenvalue weighted by Crippen LogP contribution is 2.25.